The van der Waals surface area contributed by atoms with Crippen molar-refractivity contribution in [2.75, 3.05) is 13.2 Å². The Labute approximate surface area is 72.9 Å². The lowest BCUT2D eigenvalue weighted by molar-refractivity contribution is -0.162. The maximum Gasteiger partial charge on any atom is 0.172 e. The Kier molecular flexibility index (Phi) is 2.03. The molecule has 0 aromatic rings. The first-order chi connectivity index (χ1) is 5.85. The molecule has 2 aliphatic rings. The highest BCUT2D eigenvalue weighted by Gasteiger charge is 2.37. The van der Waals surface area contributed by atoms with E-state index in [1.165, 1.54) is 5.57 Å². The van der Waals surface area contributed by atoms with Crippen molar-refractivity contribution in [3.8, 4) is 0 Å². The molecule has 1 aliphatic carbocycles. The fraction of sp³-hybridized carbons (Fsp3) is 0.600. The van der Waals surface area contributed by atoms with Gasteiger partial charge in [0.05, 0.1) is 13.2 Å². The molecule has 2 rings (SSSR count). The van der Waals surface area contributed by atoms with Crippen molar-refractivity contribution in [3.63, 3.8) is 0 Å². The molecule has 0 aromatic heterocycles. The Hall–Kier alpha value is -0.600. The van der Waals surface area contributed by atoms with Gasteiger partial charge in [0, 0.05) is 12.8 Å². The van der Waals surface area contributed by atoms with Crippen LogP contribution in [0.2, 0.25) is 0 Å². The van der Waals surface area contributed by atoms with Gasteiger partial charge in [-0.3, -0.25) is 0 Å². The van der Waals surface area contributed by atoms with Crippen LogP contribution in [0.25, 0.3) is 0 Å². The number of ether oxygens (including phenoxy) is 2. The largest absolute Gasteiger partial charge is 0.347 e. The van der Waals surface area contributed by atoms with Crippen molar-refractivity contribution < 1.29 is 9.47 Å². The second-order valence-corrected chi connectivity index (χ2v) is 3.31. The molecule has 1 spiro atoms. The van der Waals surface area contributed by atoms with Gasteiger partial charge in [0.25, 0.3) is 0 Å². The molecule has 2 nitrogen and oxygen atoms in total. The van der Waals surface area contributed by atoms with Crippen LogP contribution in [0.4, 0.5) is 0 Å². The third-order valence-corrected chi connectivity index (χ3v) is 2.48. The van der Waals surface area contributed by atoms with Gasteiger partial charge in [-0.2, -0.15) is 0 Å². The quantitative estimate of drug-likeness (QED) is 0.593. The third kappa shape index (κ3) is 1.32. The van der Waals surface area contributed by atoms with E-state index in [0.717, 1.165) is 32.5 Å². The average Bonchev–Trinajstić information content (AvgIpc) is 2.53. The molecule has 0 amide bonds. The van der Waals surface area contributed by atoms with Crippen molar-refractivity contribution in [3.05, 3.63) is 24.3 Å². The number of hydrogen-bond acceptors (Lipinski definition) is 2. The lowest BCUT2D eigenvalue weighted by Gasteiger charge is -2.30. The zero-order valence-electron chi connectivity index (χ0n) is 7.21. The van der Waals surface area contributed by atoms with E-state index in [9.17, 15) is 0 Å². The van der Waals surface area contributed by atoms with Gasteiger partial charge >= 0.3 is 0 Å². The highest BCUT2D eigenvalue weighted by molar-refractivity contribution is 5.20. The van der Waals surface area contributed by atoms with Crippen LogP contribution in [-0.4, -0.2) is 19.0 Å². The van der Waals surface area contributed by atoms with E-state index in [1.54, 1.807) is 0 Å². The number of rotatable bonds is 1. The summed E-state index contributed by atoms with van der Waals surface area (Å²) in [7, 11) is 0. The summed E-state index contributed by atoms with van der Waals surface area (Å²) in [6.45, 7) is 5.24. The smallest absolute Gasteiger partial charge is 0.172 e. The van der Waals surface area contributed by atoms with Gasteiger partial charge in [0.1, 0.15) is 0 Å². The lowest BCUT2D eigenvalue weighted by Crippen LogP contribution is -2.32. The molecule has 1 heterocycles. The average molecular weight is 166 g/mol. The summed E-state index contributed by atoms with van der Waals surface area (Å²) >= 11 is 0. The molecule has 0 radical (unpaired) electrons. The maximum absolute atomic E-state index is 5.60. The first-order valence-electron chi connectivity index (χ1n) is 4.44. The van der Waals surface area contributed by atoms with Crippen molar-refractivity contribution >= 4 is 0 Å². The highest BCUT2D eigenvalue weighted by Crippen LogP contribution is 2.35. The number of allylic oxidation sites excluding steroid dienone is 2. The predicted octanol–water partition coefficient (Wildman–Crippen LogP) is 2.03. The van der Waals surface area contributed by atoms with Gasteiger partial charge in [-0.15, -0.1) is 0 Å². The fourth-order valence-electron chi connectivity index (χ4n) is 1.85. The molecular formula is C10H14O2. The van der Waals surface area contributed by atoms with Crippen LogP contribution in [0, 0.1) is 0 Å². The molecular weight excluding hydrogens is 152 g/mol. The summed E-state index contributed by atoms with van der Waals surface area (Å²) in [5, 5.41) is 0. The van der Waals surface area contributed by atoms with Crippen LogP contribution in [0.3, 0.4) is 0 Å². The molecule has 0 N–H and O–H groups in total. The molecule has 0 bridgehead atoms. The maximum atomic E-state index is 5.60. The Bertz CT molecular complexity index is 212. The third-order valence-electron chi connectivity index (χ3n) is 2.48. The van der Waals surface area contributed by atoms with Gasteiger partial charge in [-0.05, 0) is 12.0 Å². The first-order valence-corrected chi connectivity index (χ1v) is 4.44. The van der Waals surface area contributed by atoms with E-state index in [1.807, 2.05) is 6.08 Å². The minimum absolute atomic E-state index is 0.293. The first kappa shape index (κ1) is 8.02. The molecule has 2 heteroatoms. The molecule has 0 atom stereocenters. The number of hydrogen-bond donors (Lipinski definition) is 0. The molecule has 1 fully saturated rings. The standard InChI is InChI=1S/C10H14O2/c1-2-9-4-3-5-10(8-9)11-6-7-12-10/h2,4H,1,3,5-8H2. The molecule has 1 saturated heterocycles. The van der Waals surface area contributed by atoms with Crippen molar-refractivity contribution in [1.82, 2.24) is 0 Å². The van der Waals surface area contributed by atoms with Crippen LogP contribution >= 0.6 is 0 Å². The van der Waals surface area contributed by atoms with Crippen molar-refractivity contribution in [2.24, 2.45) is 0 Å². The van der Waals surface area contributed by atoms with Gasteiger partial charge in [-0.1, -0.05) is 18.7 Å². The van der Waals surface area contributed by atoms with Crippen molar-refractivity contribution in [1.29, 1.82) is 0 Å². The topological polar surface area (TPSA) is 18.5 Å². The monoisotopic (exact) mass is 166 g/mol. The van der Waals surface area contributed by atoms with Crippen molar-refractivity contribution in [2.45, 2.75) is 25.0 Å². The summed E-state index contributed by atoms with van der Waals surface area (Å²) in [5.74, 6) is -0.293. The zero-order chi connectivity index (χ0) is 8.44. The van der Waals surface area contributed by atoms with E-state index < -0.39 is 0 Å². The Morgan fingerprint density at radius 3 is 2.83 bits per heavy atom. The summed E-state index contributed by atoms with van der Waals surface area (Å²) in [4.78, 5) is 0. The SMILES string of the molecule is C=CC1=CCCC2(C1)OCCO2. The van der Waals surface area contributed by atoms with Gasteiger partial charge in [-0.25, -0.2) is 0 Å². The minimum atomic E-state index is -0.293. The van der Waals surface area contributed by atoms with Crippen LogP contribution in [0.1, 0.15) is 19.3 Å². The zero-order valence-corrected chi connectivity index (χ0v) is 7.21. The van der Waals surface area contributed by atoms with E-state index >= 15 is 0 Å². The normalized spacial score (nSPS) is 27.2. The molecule has 12 heavy (non-hydrogen) atoms. The summed E-state index contributed by atoms with van der Waals surface area (Å²) < 4.78 is 11.2. The second-order valence-electron chi connectivity index (χ2n) is 3.31. The fourth-order valence-corrected chi connectivity index (χ4v) is 1.85. The highest BCUT2D eigenvalue weighted by atomic mass is 16.7. The van der Waals surface area contributed by atoms with E-state index in [4.69, 9.17) is 9.47 Å². The van der Waals surface area contributed by atoms with Crippen LogP contribution < -0.4 is 0 Å². The Morgan fingerprint density at radius 2 is 2.17 bits per heavy atom. The van der Waals surface area contributed by atoms with Gasteiger partial charge < -0.3 is 9.47 Å². The molecule has 0 saturated carbocycles. The Balaban J connectivity index is 2.10. The summed E-state index contributed by atoms with van der Waals surface area (Å²) in [6, 6.07) is 0. The predicted molar refractivity (Wildman–Crippen MR) is 46.8 cm³/mol. The van der Waals surface area contributed by atoms with Gasteiger partial charge in [0.15, 0.2) is 5.79 Å². The minimum Gasteiger partial charge on any atom is -0.347 e. The molecule has 1 aliphatic heterocycles. The Morgan fingerprint density at radius 1 is 1.42 bits per heavy atom. The van der Waals surface area contributed by atoms with Gasteiger partial charge in [0.2, 0.25) is 0 Å². The van der Waals surface area contributed by atoms with E-state index in [-0.39, 0.29) is 5.79 Å². The van der Waals surface area contributed by atoms with Crippen LogP contribution in [0.15, 0.2) is 24.3 Å². The molecule has 0 unspecified atom stereocenters. The molecule has 66 valence electrons. The lowest BCUT2D eigenvalue weighted by atomic mass is 9.93. The summed E-state index contributed by atoms with van der Waals surface area (Å²) in [5.41, 5.74) is 1.25. The van der Waals surface area contributed by atoms with Crippen LogP contribution in [-0.2, 0) is 9.47 Å². The van der Waals surface area contributed by atoms with E-state index in [2.05, 4.69) is 12.7 Å². The summed E-state index contributed by atoms with van der Waals surface area (Å²) in [6.07, 6.45) is 7.01. The molecule has 0 aromatic carbocycles. The van der Waals surface area contributed by atoms with E-state index in [0.29, 0.717) is 0 Å². The van der Waals surface area contributed by atoms with Crippen LogP contribution in [0.5, 0.6) is 0 Å². The second kappa shape index (κ2) is 3.04.